The minimum absolute atomic E-state index is 0.0851. The molecule has 3 aromatic rings. The number of nitrogens with zero attached hydrogens (tertiary/aromatic N) is 2. The zero-order valence-corrected chi connectivity index (χ0v) is 17.9. The molecule has 1 amide bonds. The molecular formula is C18H15BrCl2N4OS. The molecule has 0 radical (unpaired) electrons. The molecule has 0 aliphatic rings. The highest BCUT2D eigenvalue weighted by Gasteiger charge is 2.09. The van der Waals surface area contributed by atoms with Crippen molar-refractivity contribution >= 4 is 62.2 Å². The minimum atomic E-state index is -0.0851. The van der Waals surface area contributed by atoms with E-state index in [1.165, 1.54) is 17.5 Å². The number of hydrogen-bond acceptors (Lipinski definition) is 5. The quantitative estimate of drug-likeness (QED) is 0.460. The second-order valence-corrected chi connectivity index (χ2v) is 8.21. The van der Waals surface area contributed by atoms with Gasteiger partial charge in [-0.1, -0.05) is 51.3 Å². The number of pyridine rings is 1. The number of aromatic nitrogens is 2. The first kappa shape index (κ1) is 20.1. The van der Waals surface area contributed by atoms with E-state index in [4.69, 9.17) is 23.2 Å². The Morgan fingerprint density at radius 2 is 2.07 bits per heavy atom. The Hall–Kier alpha value is -1.67. The summed E-state index contributed by atoms with van der Waals surface area (Å²) in [4.78, 5) is 20.7. The number of benzene rings is 1. The predicted molar refractivity (Wildman–Crippen MR) is 115 cm³/mol. The van der Waals surface area contributed by atoms with Crippen LogP contribution in [0.15, 0.2) is 46.4 Å². The lowest BCUT2D eigenvalue weighted by Crippen LogP contribution is -2.30. The largest absolute Gasteiger partial charge is 0.367 e. The maximum Gasteiger partial charge on any atom is 0.226 e. The monoisotopic (exact) mass is 484 g/mol. The number of thiazole rings is 1. The lowest BCUT2D eigenvalue weighted by atomic mass is 10.2. The molecule has 140 valence electrons. The van der Waals surface area contributed by atoms with Crippen LogP contribution in [0.5, 0.6) is 0 Å². The molecule has 0 fully saturated rings. The number of nitrogens with one attached hydrogen (secondary N) is 2. The summed E-state index contributed by atoms with van der Waals surface area (Å²) in [6, 6.07) is 9.54. The van der Waals surface area contributed by atoms with E-state index >= 15 is 0 Å². The highest BCUT2D eigenvalue weighted by Crippen LogP contribution is 2.26. The van der Waals surface area contributed by atoms with Crippen molar-refractivity contribution in [2.45, 2.75) is 6.42 Å². The zero-order chi connectivity index (χ0) is 19.2. The number of carbonyl (C=O) groups is 1. The molecule has 0 aliphatic carbocycles. The first-order valence-electron chi connectivity index (χ1n) is 8.03. The maximum absolute atomic E-state index is 12.1. The summed E-state index contributed by atoms with van der Waals surface area (Å²) in [6.07, 6.45) is 1.75. The molecule has 2 aromatic heterocycles. The van der Waals surface area contributed by atoms with E-state index in [2.05, 4.69) is 36.5 Å². The van der Waals surface area contributed by atoms with Crippen LogP contribution in [-0.2, 0) is 11.2 Å². The Morgan fingerprint density at radius 1 is 1.22 bits per heavy atom. The molecule has 2 N–H and O–H groups in total. The van der Waals surface area contributed by atoms with Crippen LogP contribution in [0, 0.1) is 0 Å². The highest BCUT2D eigenvalue weighted by atomic mass is 79.9. The van der Waals surface area contributed by atoms with Crippen LogP contribution in [-0.4, -0.2) is 29.0 Å². The van der Waals surface area contributed by atoms with Gasteiger partial charge in [-0.2, -0.15) is 0 Å². The molecule has 0 atom stereocenters. The molecule has 0 unspecified atom stereocenters. The van der Waals surface area contributed by atoms with Gasteiger partial charge in [0.2, 0.25) is 5.91 Å². The van der Waals surface area contributed by atoms with Gasteiger partial charge >= 0.3 is 0 Å². The van der Waals surface area contributed by atoms with E-state index in [1.807, 2.05) is 29.6 Å². The Bertz CT molecular complexity index is 951. The van der Waals surface area contributed by atoms with Gasteiger partial charge in [0, 0.05) is 34.7 Å². The third kappa shape index (κ3) is 5.90. The average Bonchev–Trinajstić information content (AvgIpc) is 3.08. The number of rotatable bonds is 7. The number of carbonyl (C=O) groups excluding carboxylic acids is 1. The second kappa shape index (κ2) is 9.50. The fourth-order valence-corrected chi connectivity index (χ4v) is 3.96. The van der Waals surface area contributed by atoms with Crippen LogP contribution < -0.4 is 10.6 Å². The van der Waals surface area contributed by atoms with Crippen molar-refractivity contribution in [3.63, 3.8) is 0 Å². The number of amides is 1. The van der Waals surface area contributed by atoms with Gasteiger partial charge < -0.3 is 10.6 Å². The molecule has 2 heterocycles. The summed E-state index contributed by atoms with van der Waals surface area (Å²) in [6.45, 7) is 0.947. The highest BCUT2D eigenvalue weighted by molar-refractivity contribution is 9.10. The molecule has 9 heteroatoms. The number of anilines is 1. The van der Waals surface area contributed by atoms with Crippen LogP contribution in [0.2, 0.25) is 10.0 Å². The van der Waals surface area contributed by atoms with Crippen molar-refractivity contribution in [3.05, 3.63) is 62.1 Å². The molecular weight excluding hydrogens is 471 g/mol. The SMILES string of the molecule is O=C(Cc1csc(-c2cccc(Br)c2)n1)NCCNc1ncc(Cl)cc1Cl. The number of hydrogen-bond donors (Lipinski definition) is 2. The third-order valence-electron chi connectivity index (χ3n) is 3.51. The van der Waals surface area contributed by atoms with E-state index in [0.717, 1.165) is 20.7 Å². The van der Waals surface area contributed by atoms with Gasteiger partial charge in [-0.15, -0.1) is 11.3 Å². The van der Waals surface area contributed by atoms with E-state index < -0.39 is 0 Å². The molecule has 0 saturated carbocycles. The summed E-state index contributed by atoms with van der Waals surface area (Å²) < 4.78 is 0.997. The van der Waals surface area contributed by atoms with Gasteiger partial charge in [-0.25, -0.2) is 9.97 Å². The van der Waals surface area contributed by atoms with Crippen molar-refractivity contribution in [2.75, 3.05) is 18.4 Å². The molecule has 3 rings (SSSR count). The summed E-state index contributed by atoms with van der Waals surface area (Å²) in [5, 5.41) is 9.62. The summed E-state index contributed by atoms with van der Waals surface area (Å²) in [7, 11) is 0. The summed E-state index contributed by atoms with van der Waals surface area (Å²) in [5.41, 5.74) is 1.78. The standard InChI is InChI=1S/C18H15BrCl2N4OS/c19-12-3-1-2-11(6-12)18-25-14(10-27-18)8-16(26)22-4-5-23-17-15(21)7-13(20)9-24-17/h1-3,6-7,9-10H,4-5,8H2,(H,22,26)(H,23,24). The molecule has 1 aromatic carbocycles. The van der Waals surface area contributed by atoms with Gasteiger partial charge in [0.25, 0.3) is 0 Å². The Kier molecular flexibility index (Phi) is 7.07. The summed E-state index contributed by atoms with van der Waals surface area (Å²) >= 11 is 16.8. The van der Waals surface area contributed by atoms with Crippen LogP contribution in [0.25, 0.3) is 10.6 Å². The van der Waals surface area contributed by atoms with Crippen LogP contribution in [0.4, 0.5) is 5.82 Å². The Balaban J connectivity index is 1.46. The minimum Gasteiger partial charge on any atom is -0.367 e. The Morgan fingerprint density at radius 3 is 2.85 bits per heavy atom. The van der Waals surface area contributed by atoms with Crippen LogP contribution >= 0.6 is 50.5 Å². The van der Waals surface area contributed by atoms with Crippen molar-refractivity contribution in [1.82, 2.24) is 15.3 Å². The van der Waals surface area contributed by atoms with E-state index in [0.29, 0.717) is 29.0 Å². The first-order chi connectivity index (χ1) is 13.0. The van der Waals surface area contributed by atoms with E-state index in [9.17, 15) is 4.79 Å². The third-order valence-corrected chi connectivity index (χ3v) is 5.44. The van der Waals surface area contributed by atoms with Gasteiger partial charge in [0.05, 0.1) is 22.2 Å². The zero-order valence-electron chi connectivity index (χ0n) is 14.0. The smallest absolute Gasteiger partial charge is 0.226 e. The van der Waals surface area contributed by atoms with Crippen molar-refractivity contribution in [1.29, 1.82) is 0 Å². The van der Waals surface area contributed by atoms with E-state index in [1.54, 1.807) is 6.07 Å². The first-order valence-corrected chi connectivity index (χ1v) is 10.5. The lowest BCUT2D eigenvalue weighted by Gasteiger charge is -2.08. The molecule has 5 nitrogen and oxygen atoms in total. The molecule has 27 heavy (non-hydrogen) atoms. The van der Waals surface area contributed by atoms with Crippen LogP contribution in [0.3, 0.4) is 0 Å². The fourth-order valence-electron chi connectivity index (χ4n) is 2.30. The Labute approximate surface area is 179 Å². The van der Waals surface area contributed by atoms with Gasteiger partial charge in [0.1, 0.15) is 10.8 Å². The molecule has 0 bridgehead atoms. The van der Waals surface area contributed by atoms with Gasteiger partial charge in [-0.05, 0) is 18.2 Å². The summed E-state index contributed by atoms with van der Waals surface area (Å²) in [5.74, 6) is 0.450. The second-order valence-electron chi connectivity index (χ2n) is 5.59. The fraction of sp³-hybridized carbons (Fsp3) is 0.167. The van der Waals surface area contributed by atoms with Crippen LogP contribution in [0.1, 0.15) is 5.69 Å². The van der Waals surface area contributed by atoms with Crippen molar-refractivity contribution in [2.24, 2.45) is 0 Å². The normalized spacial score (nSPS) is 10.6. The lowest BCUT2D eigenvalue weighted by molar-refractivity contribution is -0.120. The van der Waals surface area contributed by atoms with Crippen molar-refractivity contribution < 1.29 is 4.79 Å². The molecule has 0 saturated heterocycles. The van der Waals surface area contributed by atoms with Gasteiger partial charge in [0.15, 0.2) is 0 Å². The van der Waals surface area contributed by atoms with Gasteiger partial charge in [-0.3, -0.25) is 4.79 Å². The topological polar surface area (TPSA) is 66.9 Å². The van der Waals surface area contributed by atoms with E-state index in [-0.39, 0.29) is 12.3 Å². The predicted octanol–water partition coefficient (Wildman–Crippen LogP) is 5.05. The maximum atomic E-state index is 12.1. The molecule has 0 spiro atoms. The van der Waals surface area contributed by atoms with Crippen molar-refractivity contribution in [3.8, 4) is 10.6 Å². The molecule has 0 aliphatic heterocycles. The number of halogens is 3. The average molecular weight is 486 g/mol.